The molecule has 7 heteroatoms. The third kappa shape index (κ3) is 2.74. The molecule has 0 unspecified atom stereocenters. The number of rotatable bonds is 3. The molecule has 2 aromatic heterocycles. The minimum absolute atomic E-state index is 0.0961. The Kier molecular flexibility index (Phi) is 4.03. The quantitative estimate of drug-likeness (QED) is 0.722. The zero-order chi connectivity index (χ0) is 18.1. The predicted molar refractivity (Wildman–Crippen MR) is 96.1 cm³/mol. The molecule has 0 aliphatic heterocycles. The lowest BCUT2D eigenvalue weighted by Crippen LogP contribution is -2.39. The number of nitrogens with zero attached hydrogens (tertiary/aromatic N) is 4. The second-order valence-electron chi connectivity index (χ2n) is 5.57. The SMILES string of the molecule is C#CCn1c(=O)c2c(nc(/C=C/c3cccc(O)c3)n2C)n(C)c1=O. The van der Waals surface area contributed by atoms with Crippen molar-refractivity contribution in [2.45, 2.75) is 6.54 Å². The molecule has 0 amide bonds. The zero-order valence-electron chi connectivity index (χ0n) is 13.8. The first-order chi connectivity index (χ1) is 11.9. The Labute approximate surface area is 143 Å². The van der Waals surface area contributed by atoms with Gasteiger partial charge in [-0.05, 0) is 23.8 Å². The Bertz CT molecular complexity index is 1160. The average Bonchev–Trinajstić information content (AvgIpc) is 2.92. The Hall–Kier alpha value is -3.53. The highest BCUT2D eigenvalue weighted by molar-refractivity contribution is 5.76. The first-order valence-electron chi connectivity index (χ1n) is 7.51. The van der Waals surface area contributed by atoms with Crippen LogP contribution in [0.4, 0.5) is 0 Å². The van der Waals surface area contributed by atoms with E-state index in [-0.39, 0.29) is 12.3 Å². The van der Waals surface area contributed by atoms with Crippen molar-refractivity contribution in [2.75, 3.05) is 0 Å². The Morgan fingerprint density at radius 3 is 2.68 bits per heavy atom. The second-order valence-corrected chi connectivity index (χ2v) is 5.57. The van der Waals surface area contributed by atoms with Gasteiger partial charge in [0.05, 0.1) is 6.54 Å². The van der Waals surface area contributed by atoms with Crippen LogP contribution in [0.5, 0.6) is 5.75 Å². The van der Waals surface area contributed by atoms with E-state index in [1.807, 2.05) is 6.07 Å². The molecular formula is C18H16N4O3. The van der Waals surface area contributed by atoms with Crippen LogP contribution < -0.4 is 11.2 Å². The molecule has 126 valence electrons. The fraction of sp³-hybridized carbons (Fsp3) is 0.167. The average molecular weight is 336 g/mol. The van der Waals surface area contributed by atoms with Gasteiger partial charge >= 0.3 is 5.69 Å². The van der Waals surface area contributed by atoms with E-state index in [1.54, 1.807) is 49.0 Å². The maximum absolute atomic E-state index is 12.6. The number of aromatic hydroxyl groups is 1. The van der Waals surface area contributed by atoms with E-state index < -0.39 is 11.2 Å². The fourth-order valence-electron chi connectivity index (χ4n) is 2.64. The van der Waals surface area contributed by atoms with Gasteiger partial charge in [-0.1, -0.05) is 24.1 Å². The number of terminal acetylenes is 1. The third-order valence-corrected chi connectivity index (χ3v) is 3.94. The molecule has 25 heavy (non-hydrogen) atoms. The highest BCUT2D eigenvalue weighted by Gasteiger charge is 2.16. The molecule has 3 rings (SSSR count). The van der Waals surface area contributed by atoms with Gasteiger partial charge < -0.3 is 9.67 Å². The van der Waals surface area contributed by atoms with Crippen molar-refractivity contribution in [3.63, 3.8) is 0 Å². The van der Waals surface area contributed by atoms with Crippen molar-refractivity contribution in [1.82, 2.24) is 18.7 Å². The van der Waals surface area contributed by atoms with Crippen LogP contribution in [0.25, 0.3) is 23.3 Å². The van der Waals surface area contributed by atoms with Crippen molar-refractivity contribution >= 4 is 23.3 Å². The number of phenols is 1. The zero-order valence-corrected chi connectivity index (χ0v) is 13.8. The molecule has 0 aliphatic rings. The maximum atomic E-state index is 12.6. The number of hydrogen-bond acceptors (Lipinski definition) is 4. The van der Waals surface area contributed by atoms with Gasteiger partial charge in [0.2, 0.25) is 0 Å². The maximum Gasteiger partial charge on any atom is 0.333 e. The molecule has 0 spiro atoms. The molecule has 0 aliphatic carbocycles. The summed E-state index contributed by atoms with van der Waals surface area (Å²) in [5, 5.41) is 9.51. The van der Waals surface area contributed by atoms with Crippen LogP contribution in [0.3, 0.4) is 0 Å². The first-order valence-corrected chi connectivity index (χ1v) is 7.51. The van der Waals surface area contributed by atoms with Crippen LogP contribution in [0, 0.1) is 12.3 Å². The number of imidazole rings is 1. The number of hydrogen-bond donors (Lipinski definition) is 1. The Balaban J connectivity index is 2.19. The summed E-state index contributed by atoms with van der Waals surface area (Å²) in [6.45, 7) is -0.0961. The van der Waals surface area contributed by atoms with E-state index in [1.165, 1.54) is 4.57 Å². The summed E-state index contributed by atoms with van der Waals surface area (Å²) in [7, 11) is 3.25. The van der Waals surface area contributed by atoms with Gasteiger partial charge in [-0.2, -0.15) is 0 Å². The molecule has 2 heterocycles. The summed E-state index contributed by atoms with van der Waals surface area (Å²) in [5.74, 6) is 2.98. The summed E-state index contributed by atoms with van der Waals surface area (Å²) in [4.78, 5) is 29.2. The fourth-order valence-corrected chi connectivity index (χ4v) is 2.64. The number of fused-ring (bicyclic) bond motifs is 1. The molecule has 1 N–H and O–H groups in total. The van der Waals surface area contributed by atoms with E-state index in [2.05, 4.69) is 10.9 Å². The highest BCUT2D eigenvalue weighted by Crippen LogP contribution is 2.15. The number of phenolic OH excluding ortho intramolecular Hbond substituents is 1. The van der Waals surface area contributed by atoms with Crippen molar-refractivity contribution in [2.24, 2.45) is 14.1 Å². The van der Waals surface area contributed by atoms with Gasteiger partial charge in [-0.25, -0.2) is 14.3 Å². The molecule has 1 aromatic carbocycles. The van der Waals surface area contributed by atoms with E-state index in [0.717, 1.165) is 10.1 Å². The summed E-state index contributed by atoms with van der Waals surface area (Å²) < 4.78 is 3.93. The van der Waals surface area contributed by atoms with Gasteiger partial charge in [0.15, 0.2) is 11.2 Å². The van der Waals surface area contributed by atoms with Crippen LogP contribution in [-0.2, 0) is 20.6 Å². The number of aryl methyl sites for hydroxylation is 2. The molecule has 3 aromatic rings. The smallest absolute Gasteiger partial charge is 0.333 e. The van der Waals surface area contributed by atoms with E-state index in [0.29, 0.717) is 17.0 Å². The second kappa shape index (κ2) is 6.17. The predicted octanol–water partition coefficient (Wildman–Crippen LogP) is 0.943. The first kappa shape index (κ1) is 16.3. The van der Waals surface area contributed by atoms with Gasteiger partial charge in [0, 0.05) is 14.1 Å². The minimum atomic E-state index is -0.503. The lowest BCUT2D eigenvalue weighted by Gasteiger charge is -2.05. The summed E-state index contributed by atoms with van der Waals surface area (Å²) in [6.07, 6.45) is 8.72. The van der Waals surface area contributed by atoms with Crippen LogP contribution in [-0.4, -0.2) is 23.8 Å². The highest BCUT2D eigenvalue weighted by atomic mass is 16.3. The van der Waals surface area contributed by atoms with Gasteiger partial charge in [-0.3, -0.25) is 9.36 Å². The van der Waals surface area contributed by atoms with E-state index in [9.17, 15) is 14.7 Å². The van der Waals surface area contributed by atoms with Crippen LogP contribution >= 0.6 is 0 Å². The van der Waals surface area contributed by atoms with Crippen molar-refractivity contribution in [3.8, 4) is 18.1 Å². The number of aromatic nitrogens is 4. The lowest BCUT2D eigenvalue weighted by molar-refractivity contribution is 0.475. The minimum Gasteiger partial charge on any atom is -0.508 e. The van der Waals surface area contributed by atoms with E-state index >= 15 is 0 Å². The monoisotopic (exact) mass is 336 g/mol. The standard InChI is InChI=1S/C18H16N4O3/c1-4-10-22-17(24)15-16(21(3)18(22)25)19-14(20(15)2)9-8-12-6-5-7-13(23)11-12/h1,5-9,11,23H,10H2,2-3H3/b9-8+. The van der Waals surface area contributed by atoms with Gasteiger partial charge in [0.25, 0.3) is 5.56 Å². The third-order valence-electron chi connectivity index (χ3n) is 3.94. The molecule has 0 saturated carbocycles. The van der Waals surface area contributed by atoms with Crippen LogP contribution in [0.1, 0.15) is 11.4 Å². The molecule has 0 saturated heterocycles. The topological polar surface area (TPSA) is 82.1 Å². The van der Waals surface area contributed by atoms with Crippen molar-refractivity contribution in [1.29, 1.82) is 0 Å². The largest absolute Gasteiger partial charge is 0.508 e. The van der Waals surface area contributed by atoms with Crippen molar-refractivity contribution < 1.29 is 5.11 Å². The molecule has 0 bridgehead atoms. The summed E-state index contributed by atoms with van der Waals surface area (Å²) >= 11 is 0. The van der Waals surface area contributed by atoms with Crippen molar-refractivity contribution in [3.05, 3.63) is 56.5 Å². The normalized spacial score (nSPS) is 11.2. The van der Waals surface area contributed by atoms with Gasteiger partial charge in [0.1, 0.15) is 11.6 Å². The molecule has 7 nitrogen and oxygen atoms in total. The Morgan fingerprint density at radius 2 is 2.00 bits per heavy atom. The lowest BCUT2D eigenvalue weighted by atomic mass is 10.2. The molecule has 0 radical (unpaired) electrons. The van der Waals surface area contributed by atoms with Gasteiger partial charge in [-0.15, -0.1) is 6.42 Å². The van der Waals surface area contributed by atoms with Crippen LogP contribution in [0.15, 0.2) is 33.9 Å². The summed E-state index contributed by atoms with van der Waals surface area (Å²) in [6, 6.07) is 6.74. The Morgan fingerprint density at radius 1 is 1.24 bits per heavy atom. The van der Waals surface area contributed by atoms with Crippen LogP contribution in [0.2, 0.25) is 0 Å². The molecule has 0 atom stereocenters. The molecular weight excluding hydrogens is 320 g/mol. The molecule has 0 fully saturated rings. The van der Waals surface area contributed by atoms with E-state index in [4.69, 9.17) is 6.42 Å². The number of benzene rings is 1. The summed E-state index contributed by atoms with van der Waals surface area (Å²) in [5.41, 5.74) is 0.403.